The number of hydrogen-bond donors (Lipinski definition) is 2. The van der Waals surface area contributed by atoms with Gasteiger partial charge < -0.3 is 15.2 Å². The fourth-order valence-corrected chi connectivity index (χ4v) is 2.54. The van der Waals surface area contributed by atoms with Crippen molar-refractivity contribution in [3.8, 4) is 0 Å². The Bertz CT molecular complexity index is 711. The molecule has 2 heterocycles. The van der Waals surface area contributed by atoms with E-state index in [1.165, 1.54) is 6.07 Å². The molecule has 5 heteroatoms. The Morgan fingerprint density at radius 3 is 2.90 bits per heavy atom. The van der Waals surface area contributed by atoms with E-state index in [9.17, 15) is 9.59 Å². The van der Waals surface area contributed by atoms with Gasteiger partial charge >= 0.3 is 0 Å². The maximum absolute atomic E-state index is 12.3. The Hall–Kier alpha value is -2.56. The number of aromatic nitrogens is 1. The van der Waals surface area contributed by atoms with Gasteiger partial charge in [-0.3, -0.25) is 9.59 Å². The van der Waals surface area contributed by atoms with Gasteiger partial charge in [-0.1, -0.05) is 18.2 Å². The van der Waals surface area contributed by atoms with Crippen molar-refractivity contribution in [2.75, 3.05) is 10.6 Å². The van der Waals surface area contributed by atoms with Gasteiger partial charge in [-0.2, -0.15) is 0 Å². The molecule has 21 heavy (non-hydrogen) atoms. The van der Waals surface area contributed by atoms with Crippen LogP contribution in [0, 0.1) is 0 Å². The van der Waals surface area contributed by atoms with Crippen LogP contribution in [0.2, 0.25) is 0 Å². The largest absolute Gasteiger partial charge is 0.373 e. The number of pyridine rings is 1. The molecule has 0 aliphatic carbocycles. The summed E-state index contributed by atoms with van der Waals surface area (Å²) in [5.41, 5.74) is 2.73. The molecule has 5 nitrogen and oxygen atoms in total. The van der Waals surface area contributed by atoms with Gasteiger partial charge in [0.25, 0.3) is 5.56 Å². The molecule has 1 aromatic carbocycles. The highest BCUT2D eigenvalue weighted by Crippen LogP contribution is 2.25. The second-order valence-electron chi connectivity index (χ2n) is 5.09. The summed E-state index contributed by atoms with van der Waals surface area (Å²) in [4.78, 5) is 23.8. The molecule has 1 atom stereocenters. The second-order valence-corrected chi connectivity index (χ2v) is 5.09. The zero-order chi connectivity index (χ0) is 14.8. The predicted octanol–water partition coefficient (Wildman–Crippen LogP) is 1.84. The van der Waals surface area contributed by atoms with E-state index in [1.54, 1.807) is 16.8 Å². The third-order valence-corrected chi connectivity index (χ3v) is 3.68. The average Bonchev–Trinajstić information content (AvgIpc) is 2.93. The van der Waals surface area contributed by atoms with Gasteiger partial charge in [-0.25, -0.2) is 0 Å². The first kappa shape index (κ1) is 13.4. The van der Waals surface area contributed by atoms with Crippen LogP contribution in [-0.2, 0) is 17.8 Å². The number of fused-ring (bicyclic) bond motifs is 1. The molecule has 1 unspecified atom stereocenters. The third kappa shape index (κ3) is 2.67. The Morgan fingerprint density at radius 2 is 2.14 bits per heavy atom. The number of carbonyl (C=O) groups excluding carboxylic acids is 1. The lowest BCUT2D eigenvalue weighted by atomic mass is 10.1. The van der Waals surface area contributed by atoms with E-state index >= 15 is 0 Å². The minimum Gasteiger partial charge on any atom is -0.373 e. The molecule has 0 radical (unpaired) electrons. The number of rotatable bonds is 3. The lowest BCUT2D eigenvalue weighted by Gasteiger charge is -2.13. The van der Waals surface area contributed by atoms with Crippen LogP contribution in [0.3, 0.4) is 0 Å². The molecule has 0 bridgehead atoms. The Labute approximate surface area is 122 Å². The summed E-state index contributed by atoms with van der Waals surface area (Å²) in [5.74, 6) is -0.0903. The van der Waals surface area contributed by atoms with Crippen molar-refractivity contribution >= 4 is 17.3 Å². The molecule has 3 rings (SSSR count). The first-order valence-corrected chi connectivity index (χ1v) is 7.03. The highest BCUT2D eigenvalue weighted by atomic mass is 16.2. The topological polar surface area (TPSA) is 63.1 Å². The zero-order valence-electron chi connectivity index (χ0n) is 11.8. The van der Waals surface area contributed by atoms with E-state index < -0.39 is 0 Å². The summed E-state index contributed by atoms with van der Waals surface area (Å²) in [6, 6.07) is 10.7. The Morgan fingerprint density at radius 1 is 1.33 bits per heavy atom. The fourth-order valence-electron chi connectivity index (χ4n) is 2.54. The van der Waals surface area contributed by atoms with E-state index in [4.69, 9.17) is 0 Å². The number of para-hydroxylation sites is 1. The van der Waals surface area contributed by atoms with Gasteiger partial charge in [0.15, 0.2) is 0 Å². The Balaban J connectivity index is 1.72. The molecule has 0 spiro atoms. The number of nitrogens with zero attached hydrogens (tertiary/aromatic N) is 1. The summed E-state index contributed by atoms with van der Waals surface area (Å²) in [6.45, 7) is 2.47. The van der Waals surface area contributed by atoms with Gasteiger partial charge in [-0.15, -0.1) is 0 Å². The van der Waals surface area contributed by atoms with Crippen LogP contribution in [0.15, 0.2) is 47.4 Å². The van der Waals surface area contributed by atoms with Crippen molar-refractivity contribution in [2.24, 2.45) is 0 Å². The first-order valence-electron chi connectivity index (χ1n) is 7.03. The van der Waals surface area contributed by atoms with Crippen molar-refractivity contribution in [1.29, 1.82) is 0 Å². The normalized spacial score (nSPS) is 16.1. The summed E-state index contributed by atoms with van der Waals surface area (Å²) in [7, 11) is 0. The minimum atomic E-state index is -0.274. The standard InChI is InChI=1S/C16H17N3O2/c1-2-19-10-12(7-8-15(19)20)17-16(21)14-9-11-5-3-4-6-13(11)18-14/h3-8,10,14,18H,2,9H2,1H3,(H,17,21). The van der Waals surface area contributed by atoms with Gasteiger partial charge in [0.1, 0.15) is 6.04 Å². The Kier molecular flexibility index (Phi) is 3.48. The second kappa shape index (κ2) is 5.44. The van der Waals surface area contributed by atoms with Gasteiger partial charge in [0, 0.05) is 30.9 Å². The smallest absolute Gasteiger partial charge is 0.250 e. The molecular weight excluding hydrogens is 266 g/mol. The first-order chi connectivity index (χ1) is 10.2. The molecule has 0 fully saturated rings. The summed E-state index contributed by atoms with van der Waals surface area (Å²) in [5, 5.41) is 6.07. The molecule has 108 valence electrons. The van der Waals surface area contributed by atoms with Crippen molar-refractivity contribution in [1.82, 2.24) is 4.57 Å². The van der Waals surface area contributed by atoms with E-state index in [-0.39, 0.29) is 17.5 Å². The molecule has 0 saturated carbocycles. The maximum Gasteiger partial charge on any atom is 0.250 e. The average molecular weight is 283 g/mol. The monoisotopic (exact) mass is 283 g/mol. The number of benzene rings is 1. The van der Waals surface area contributed by atoms with E-state index in [1.807, 2.05) is 31.2 Å². The highest BCUT2D eigenvalue weighted by Gasteiger charge is 2.26. The minimum absolute atomic E-state index is 0.0677. The molecule has 1 aliphatic rings. The quantitative estimate of drug-likeness (QED) is 0.903. The molecular formula is C16H17N3O2. The number of aryl methyl sites for hydroxylation is 1. The molecule has 2 N–H and O–H groups in total. The summed E-state index contributed by atoms with van der Waals surface area (Å²) in [6.07, 6.45) is 2.34. The van der Waals surface area contributed by atoms with Crippen molar-refractivity contribution in [2.45, 2.75) is 25.9 Å². The van der Waals surface area contributed by atoms with Gasteiger partial charge in [0.05, 0.1) is 5.69 Å². The van der Waals surface area contributed by atoms with Crippen LogP contribution in [0.1, 0.15) is 12.5 Å². The number of hydrogen-bond acceptors (Lipinski definition) is 3. The zero-order valence-corrected chi connectivity index (χ0v) is 11.8. The van der Waals surface area contributed by atoms with Crippen LogP contribution in [0.5, 0.6) is 0 Å². The lowest BCUT2D eigenvalue weighted by Crippen LogP contribution is -2.33. The molecule has 0 saturated heterocycles. The van der Waals surface area contributed by atoms with E-state index in [0.717, 1.165) is 11.3 Å². The molecule has 1 amide bonds. The van der Waals surface area contributed by atoms with Crippen LogP contribution >= 0.6 is 0 Å². The van der Waals surface area contributed by atoms with Gasteiger partial charge in [0.2, 0.25) is 5.91 Å². The predicted molar refractivity (Wildman–Crippen MR) is 82.6 cm³/mol. The van der Waals surface area contributed by atoms with Crippen LogP contribution in [-0.4, -0.2) is 16.5 Å². The molecule has 2 aromatic rings. The number of amides is 1. The van der Waals surface area contributed by atoms with E-state index in [2.05, 4.69) is 10.6 Å². The van der Waals surface area contributed by atoms with Crippen molar-refractivity contribution in [3.63, 3.8) is 0 Å². The third-order valence-electron chi connectivity index (χ3n) is 3.68. The summed E-state index contributed by atoms with van der Waals surface area (Å²) >= 11 is 0. The SMILES string of the molecule is CCn1cc(NC(=O)C2Cc3ccccc3N2)ccc1=O. The fraction of sp³-hybridized carbons (Fsp3) is 0.250. The van der Waals surface area contributed by atoms with Crippen molar-refractivity contribution < 1.29 is 4.79 Å². The number of nitrogens with one attached hydrogen (secondary N) is 2. The number of anilines is 2. The van der Waals surface area contributed by atoms with Crippen LogP contribution in [0.4, 0.5) is 11.4 Å². The van der Waals surface area contributed by atoms with Gasteiger partial charge in [-0.05, 0) is 24.6 Å². The highest BCUT2D eigenvalue weighted by molar-refractivity contribution is 5.97. The van der Waals surface area contributed by atoms with Crippen LogP contribution in [0.25, 0.3) is 0 Å². The lowest BCUT2D eigenvalue weighted by molar-refractivity contribution is -0.116. The summed E-state index contributed by atoms with van der Waals surface area (Å²) < 4.78 is 1.56. The number of carbonyl (C=O) groups is 1. The molecule has 1 aromatic heterocycles. The molecule has 1 aliphatic heterocycles. The van der Waals surface area contributed by atoms with Crippen LogP contribution < -0.4 is 16.2 Å². The maximum atomic E-state index is 12.3. The van der Waals surface area contributed by atoms with E-state index in [0.29, 0.717) is 18.7 Å². The van der Waals surface area contributed by atoms with Crippen molar-refractivity contribution in [3.05, 3.63) is 58.5 Å².